The normalized spacial score (nSPS) is 19.8. The summed E-state index contributed by atoms with van der Waals surface area (Å²) in [6.45, 7) is 4.24. The van der Waals surface area contributed by atoms with Crippen molar-refractivity contribution in [3.63, 3.8) is 0 Å². The molecule has 0 saturated carbocycles. The van der Waals surface area contributed by atoms with Gasteiger partial charge >= 0.3 is 0 Å². The van der Waals surface area contributed by atoms with Gasteiger partial charge in [0, 0.05) is 31.8 Å². The average Bonchev–Trinajstić information content (AvgIpc) is 2.98. The zero-order valence-electron chi connectivity index (χ0n) is 14.0. The maximum atomic E-state index is 13.0. The number of likely N-dealkylation sites (tertiary alicyclic amines) is 1. The minimum Gasteiger partial charge on any atom is -0.342 e. The Balaban J connectivity index is 1.73. The molecule has 0 bridgehead atoms. The van der Waals surface area contributed by atoms with Gasteiger partial charge in [0.15, 0.2) is 0 Å². The zero-order chi connectivity index (χ0) is 17.2. The minimum atomic E-state index is -0.181. The molecule has 1 aromatic carbocycles. The predicted molar refractivity (Wildman–Crippen MR) is 98.4 cm³/mol. The van der Waals surface area contributed by atoms with E-state index in [1.807, 2.05) is 40.6 Å². The molecule has 1 spiro atoms. The Morgan fingerprint density at radius 2 is 1.92 bits per heavy atom. The van der Waals surface area contributed by atoms with E-state index in [0.717, 1.165) is 44.6 Å². The third-order valence-corrected chi connectivity index (χ3v) is 6.77. The van der Waals surface area contributed by atoms with Crippen LogP contribution in [0.1, 0.15) is 43.0 Å². The molecule has 2 amide bonds. The number of thioether (sulfide) groups is 1. The Labute approximate surface area is 152 Å². The summed E-state index contributed by atoms with van der Waals surface area (Å²) in [4.78, 5) is 28.9. The van der Waals surface area contributed by atoms with Crippen molar-refractivity contribution in [3.8, 4) is 0 Å². The number of benzene rings is 1. The van der Waals surface area contributed by atoms with Gasteiger partial charge in [0.1, 0.15) is 0 Å². The summed E-state index contributed by atoms with van der Waals surface area (Å²) < 4.78 is 0. The lowest BCUT2D eigenvalue weighted by Gasteiger charge is -2.44. The molecule has 2 aliphatic rings. The number of nitrogens with zero attached hydrogens (tertiary/aromatic N) is 2. The molecule has 2 aliphatic heterocycles. The van der Waals surface area contributed by atoms with Gasteiger partial charge in [0.25, 0.3) is 5.91 Å². The van der Waals surface area contributed by atoms with Crippen LogP contribution >= 0.6 is 23.4 Å². The van der Waals surface area contributed by atoms with Gasteiger partial charge in [-0.3, -0.25) is 9.59 Å². The van der Waals surface area contributed by atoms with Gasteiger partial charge < -0.3 is 9.80 Å². The number of carbonyl (C=O) groups excluding carboxylic acids is 2. The van der Waals surface area contributed by atoms with Gasteiger partial charge in [0.2, 0.25) is 5.91 Å². The molecule has 3 rings (SSSR count). The molecule has 1 aromatic rings. The van der Waals surface area contributed by atoms with Crippen LogP contribution < -0.4 is 0 Å². The summed E-state index contributed by atoms with van der Waals surface area (Å²) in [5, 5.41) is 0.505. The molecule has 24 heavy (non-hydrogen) atoms. The van der Waals surface area contributed by atoms with Crippen LogP contribution in [0, 0.1) is 0 Å². The van der Waals surface area contributed by atoms with Crippen LogP contribution in [-0.4, -0.2) is 51.9 Å². The molecule has 0 aliphatic carbocycles. The van der Waals surface area contributed by atoms with E-state index in [2.05, 4.69) is 0 Å². The first-order chi connectivity index (χ1) is 11.6. The Kier molecular flexibility index (Phi) is 5.40. The molecule has 6 heteroatoms. The lowest BCUT2D eigenvalue weighted by atomic mass is 10.0. The minimum absolute atomic E-state index is 0.0129. The van der Waals surface area contributed by atoms with E-state index in [-0.39, 0.29) is 16.7 Å². The Morgan fingerprint density at radius 3 is 2.58 bits per heavy atom. The lowest BCUT2D eigenvalue weighted by molar-refractivity contribution is -0.132. The number of hydrogen-bond acceptors (Lipinski definition) is 3. The van der Waals surface area contributed by atoms with Crippen molar-refractivity contribution >= 4 is 35.2 Å². The molecular weight excluding hydrogens is 344 g/mol. The van der Waals surface area contributed by atoms with E-state index >= 15 is 0 Å². The largest absolute Gasteiger partial charge is 0.342 e. The highest BCUT2D eigenvalue weighted by atomic mass is 35.5. The Bertz CT molecular complexity index is 629. The second-order valence-corrected chi connectivity index (χ2v) is 8.23. The van der Waals surface area contributed by atoms with Crippen LogP contribution in [0.15, 0.2) is 24.3 Å². The van der Waals surface area contributed by atoms with Crippen LogP contribution in [0.3, 0.4) is 0 Å². The fourth-order valence-corrected chi connectivity index (χ4v) is 5.24. The third kappa shape index (κ3) is 3.29. The fourth-order valence-electron chi connectivity index (χ4n) is 3.57. The van der Waals surface area contributed by atoms with Gasteiger partial charge in [-0.2, -0.15) is 0 Å². The molecule has 0 radical (unpaired) electrons. The van der Waals surface area contributed by atoms with Gasteiger partial charge in [0.05, 0.1) is 15.5 Å². The monoisotopic (exact) mass is 366 g/mol. The molecule has 0 atom stereocenters. The first-order valence-electron chi connectivity index (χ1n) is 8.55. The van der Waals surface area contributed by atoms with Crippen LogP contribution in [0.5, 0.6) is 0 Å². The van der Waals surface area contributed by atoms with E-state index in [0.29, 0.717) is 17.0 Å². The topological polar surface area (TPSA) is 40.6 Å². The maximum absolute atomic E-state index is 13.0. The van der Waals surface area contributed by atoms with Crippen molar-refractivity contribution in [2.24, 2.45) is 0 Å². The molecule has 2 heterocycles. The van der Waals surface area contributed by atoms with Crippen LogP contribution in [0.4, 0.5) is 0 Å². The molecule has 0 N–H and O–H groups in total. The summed E-state index contributed by atoms with van der Waals surface area (Å²) >= 11 is 8.07. The SMILES string of the molecule is CCCC(=O)N1CCC2(CC1)SCCN2C(=O)c1ccccc1Cl. The first kappa shape index (κ1) is 17.6. The molecule has 0 aromatic heterocycles. The molecular formula is C18H23ClN2O2S. The molecule has 0 unspecified atom stereocenters. The van der Waals surface area contributed by atoms with Gasteiger partial charge in [-0.15, -0.1) is 11.8 Å². The predicted octanol–water partition coefficient (Wildman–Crippen LogP) is 3.65. The second-order valence-electron chi connectivity index (χ2n) is 6.36. The Morgan fingerprint density at radius 1 is 1.21 bits per heavy atom. The van der Waals surface area contributed by atoms with Gasteiger partial charge in [-0.25, -0.2) is 0 Å². The summed E-state index contributed by atoms with van der Waals surface area (Å²) in [6, 6.07) is 7.24. The highest BCUT2D eigenvalue weighted by Crippen LogP contribution is 2.45. The van der Waals surface area contributed by atoms with Crippen molar-refractivity contribution in [3.05, 3.63) is 34.9 Å². The van der Waals surface area contributed by atoms with E-state index < -0.39 is 0 Å². The molecule has 130 valence electrons. The summed E-state index contributed by atoms with van der Waals surface area (Å²) in [5.41, 5.74) is 0.575. The van der Waals surface area contributed by atoms with E-state index in [9.17, 15) is 9.59 Å². The molecule has 4 nitrogen and oxygen atoms in total. The van der Waals surface area contributed by atoms with Crippen molar-refractivity contribution < 1.29 is 9.59 Å². The average molecular weight is 367 g/mol. The van der Waals surface area contributed by atoms with Crippen molar-refractivity contribution in [1.82, 2.24) is 9.80 Å². The maximum Gasteiger partial charge on any atom is 0.256 e. The highest BCUT2D eigenvalue weighted by molar-refractivity contribution is 8.00. The van der Waals surface area contributed by atoms with Crippen molar-refractivity contribution in [2.45, 2.75) is 37.5 Å². The van der Waals surface area contributed by atoms with E-state index in [1.54, 1.807) is 12.1 Å². The van der Waals surface area contributed by atoms with Crippen molar-refractivity contribution in [2.75, 3.05) is 25.4 Å². The van der Waals surface area contributed by atoms with Crippen molar-refractivity contribution in [1.29, 1.82) is 0 Å². The summed E-state index contributed by atoms with van der Waals surface area (Å²) in [7, 11) is 0. The Hall–Kier alpha value is -1.20. The number of carbonyl (C=O) groups is 2. The standard InChI is InChI=1S/C18H23ClN2O2S/c1-2-5-16(22)20-10-8-18(9-11-20)21(12-13-24-18)17(23)14-6-3-4-7-15(14)19/h3-4,6-7H,2,5,8-13H2,1H3. The summed E-state index contributed by atoms with van der Waals surface area (Å²) in [5.74, 6) is 1.19. The van der Waals surface area contributed by atoms with Gasteiger partial charge in [-0.1, -0.05) is 30.7 Å². The third-order valence-electron chi connectivity index (χ3n) is 4.89. The lowest BCUT2D eigenvalue weighted by Crippen LogP contribution is -2.53. The van der Waals surface area contributed by atoms with Crippen LogP contribution in [0.25, 0.3) is 0 Å². The fraction of sp³-hybridized carbons (Fsp3) is 0.556. The van der Waals surface area contributed by atoms with E-state index in [1.165, 1.54) is 0 Å². The number of amides is 2. The van der Waals surface area contributed by atoms with Crippen LogP contribution in [0.2, 0.25) is 5.02 Å². The number of piperidine rings is 1. The zero-order valence-corrected chi connectivity index (χ0v) is 15.5. The van der Waals surface area contributed by atoms with Crippen LogP contribution in [-0.2, 0) is 4.79 Å². The molecule has 2 fully saturated rings. The molecule has 2 saturated heterocycles. The quantitative estimate of drug-likeness (QED) is 0.819. The number of halogens is 1. The van der Waals surface area contributed by atoms with Gasteiger partial charge in [-0.05, 0) is 31.4 Å². The number of rotatable bonds is 3. The number of hydrogen-bond donors (Lipinski definition) is 0. The summed E-state index contributed by atoms with van der Waals surface area (Å²) in [6.07, 6.45) is 3.17. The smallest absolute Gasteiger partial charge is 0.256 e. The second kappa shape index (κ2) is 7.36. The highest BCUT2D eigenvalue weighted by Gasteiger charge is 2.47. The van der Waals surface area contributed by atoms with E-state index in [4.69, 9.17) is 11.6 Å². The first-order valence-corrected chi connectivity index (χ1v) is 9.92.